The van der Waals surface area contributed by atoms with Crippen molar-refractivity contribution < 1.29 is 9.15 Å². The van der Waals surface area contributed by atoms with Gasteiger partial charge in [-0.25, -0.2) is 0 Å². The van der Waals surface area contributed by atoms with Crippen LogP contribution in [0.15, 0.2) is 28.2 Å². The third kappa shape index (κ3) is 3.92. The minimum absolute atomic E-state index is 0. The molecule has 0 radical (unpaired) electrons. The minimum Gasteiger partial charge on any atom is -0.458 e. The molecule has 0 spiro atoms. The summed E-state index contributed by atoms with van der Waals surface area (Å²) < 4.78 is 11.8. The molecule has 1 aromatic carbocycles. The van der Waals surface area contributed by atoms with Crippen LogP contribution in [0, 0.1) is 0 Å². The number of rotatable bonds is 4. The normalized spacial score (nSPS) is 14.4. The molecule has 0 N–H and O–H groups in total. The van der Waals surface area contributed by atoms with E-state index < -0.39 is 0 Å². The van der Waals surface area contributed by atoms with E-state index in [4.69, 9.17) is 20.8 Å². The van der Waals surface area contributed by atoms with Crippen molar-refractivity contribution in [1.82, 2.24) is 4.90 Å². The smallest absolute Gasteiger partial charge is 0.135 e. The van der Waals surface area contributed by atoms with Crippen LogP contribution >= 0.6 is 24.0 Å². The lowest BCUT2D eigenvalue weighted by atomic mass is 10.0. The van der Waals surface area contributed by atoms with Crippen molar-refractivity contribution in [2.24, 2.45) is 0 Å². The van der Waals surface area contributed by atoms with Gasteiger partial charge in [0.1, 0.15) is 18.0 Å². The van der Waals surface area contributed by atoms with Crippen LogP contribution < -0.4 is 0 Å². The second-order valence-corrected chi connectivity index (χ2v) is 6.59. The van der Waals surface area contributed by atoms with E-state index in [1.807, 2.05) is 12.1 Å². The lowest BCUT2D eigenvalue weighted by Gasteiger charge is -2.13. The van der Waals surface area contributed by atoms with Crippen LogP contribution in [0.4, 0.5) is 0 Å². The Labute approximate surface area is 148 Å². The van der Waals surface area contributed by atoms with E-state index in [1.54, 1.807) is 0 Å². The molecular weight excluding hydrogens is 333 g/mol. The highest BCUT2D eigenvalue weighted by molar-refractivity contribution is 6.32. The SMILES string of the molecule is CC(C)=CCOCc1oc2ccc(Cl)c3c2c1CN(C)CC3.Cl. The molecular formula is C18H23Cl2NO2. The molecule has 0 unspecified atom stereocenters. The first-order chi connectivity index (χ1) is 10.6. The Balaban J connectivity index is 0.00000192. The molecule has 0 fully saturated rings. The Morgan fingerprint density at radius 3 is 2.87 bits per heavy atom. The second kappa shape index (κ2) is 7.71. The van der Waals surface area contributed by atoms with E-state index in [-0.39, 0.29) is 12.4 Å². The van der Waals surface area contributed by atoms with Gasteiger partial charge >= 0.3 is 0 Å². The number of nitrogens with zero attached hydrogens (tertiary/aromatic N) is 1. The predicted molar refractivity (Wildman–Crippen MR) is 97.6 cm³/mol. The fraction of sp³-hybridized carbons (Fsp3) is 0.444. The van der Waals surface area contributed by atoms with E-state index in [1.165, 1.54) is 22.1 Å². The number of ether oxygens (including phenoxy) is 1. The summed E-state index contributed by atoms with van der Waals surface area (Å²) in [5.41, 5.74) is 4.62. The van der Waals surface area contributed by atoms with Crippen LogP contribution in [-0.2, 0) is 24.3 Å². The van der Waals surface area contributed by atoms with Gasteiger partial charge < -0.3 is 14.1 Å². The zero-order chi connectivity index (χ0) is 15.7. The Morgan fingerprint density at radius 1 is 1.35 bits per heavy atom. The van der Waals surface area contributed by atoms with Crippen molar-refractivity contribution in [1.29, 1.82) is 0 Å². The van der Waals surface area contributed by atoms with Gasteiger partial charge in [0, 0.05) is 29.1 Å². The van der Waals surface area contributed by atoms with Gasteiger partial charge in [-0.1, -0.05) is 23.3 Å². The topological polar surface area (TPSA) is 25.6 Å². The van der Waals surface area contributed by atoms with E-state index >= 15 is 0 Å². The monoisotopic (exact) mass is 355 g/mol. The first kappa shape index (κ1) is 18.3. The first-order valence-corrected chi connectivity index (χ1v) is 8.05. The van der Waals surface area contributed by atoms with Gasteiger partial charge in [0.25, 0.3) is 0 Å². The number of likely N-dealkylation sites (N-methyl/N-ethyl adjacent to an activating group) is 1. The van der Waals surface area contributed by atoms with Gasteiger partial charge in [-0.2, -0.15) is 0 Å². The van der Waals surface area contributed by atoms with Crippen LogP contribution in [0.1, 0.15) is 30.7 Å². The third-order valence-corrected chi connectivity index (χ3v) is 4.46. The van der Waals surface area contributed by atoms with Crippen molar-refractivity contribution >= 4 is 35.0 Å². The Hall–Kier alpha value is -1.00. The van der Waals surface area contributed by atoms with Crippen molar-refractivity contribution in [3.05, 3.63) is 45.7 Å². The number of halogens is 2. The Bertz CT molecular complexity index is 717. The molecule has 0 saturated heterocycles. The zero-order valence-corrected chi connectivity index (χ0v) is 15.4. The molecule has 1 aliphatic rings. The molecule has 0 amide bonds. The lowest BCUT2D eigenvalue weighted by molar-refractivity contribution is 0.131. The van der Waals surface area contributed by atoms with Gasteiger partial charge in [-0.05, 0) is 45.0 Å². The zero-order valence-electron chi connectivity index (χ0n) is 13.8. The highest BCUT2D eigenvalue weighted by Gasteiger charge is 2.23. The molecule has 0 atom stereocenters. The molecule has 0 aliphatic carbocycles. The number of allylic oxidation sites excluding steroid dienone is 1. The van der Waals surface area contributed by atoms with Crippen LogP contribution in [0.25, 0.3) is 11.0 Å². The highest BCUT2D eigenvalue weighted by atomic mass is 35.5. The fourth-order valence-electron chi connectivity index (χ4n) is 2.91. The van der Waals surface area contributed by atoms with Crippen LogP contribution in [0.3, 0.4) is 0 Å². The van der Waals surface area contributed by atoms with E-state index in [9.17, 15) is 0 Å². The van der Waals surface area contributed by atoms with Crippen molar-refractivity contribution in [3.8, 4) is 0 Å². The summed E-state index contributed by atoms with van der Waals surface area (Å²) in [7, 11) is 2.13. The van der Waals surface area contributed by atoms with Crippen molar-refractivity contribution in [2.45, 2.75) is 33.4 Å². The van der Waals surface area contributed by atoms with Gasteiger partial charge in [0.15, 0.2) is 0 Å². The summed E-state index contributed by atoms with van der Waals surface area (Å²) >= 11 is 6.40. The van der Waals surface area contributed by atoms with E-state index in [0.717, 1.165) is 35.9 Å². The van der Waals surface area contributed by atoms with E-state index in [0.29, 0.717) is 13.2 Å². The highest BCUT2D eigenvalue weighted by Crippen LogP contribution is 2.36. The van der Waals surface area contributed by atoms with Gasteiger partial charge in [0.05, 0.1) is 6.61 Å². The molecule has 1 aliphatic heterocycles. The summed E-state index contributed by atoms with van der Waals surface area (Å²) in [6.45, 7) is 7.14. The average Bonchev–Trinajstić information content (AvgIpc) is 2.69. The molecule has 23 heavy (non-hydrogen) atoms. The minimum atomic E-state index is 0. The maximum absolute atomic E-state index is 6.40. The van der Waals surface area contributed by atoms with Gasteiger partial charge in [-0.15, -0.1) is 12.4 Å². The Morgan fingerprint density at radius 2 is 2.13 bits per heavy atom. The molecule has 3 nitrogen and oxygen atoms in total. The largest absolute Gasteiger partial charge is 0.458 e. The van der Waals surface area contributed by atoms with E-state index in [2.05, 4.69) is 31.9 Å². The van der Waals surface area contributed by atoms with Crippen LogP contribution in [0.5, 0.6) is 0 Å². The number of hydrogen-bond acceptors (Lipinski definition) is 3. The second-order valence-electron chi connectivity index (χ2n) is 6.19. The third-order valence-electron chi connectivity index (χ3n) is 4.10. The first-order valence-electron chi connectivity index (χ1n) is 7.67. The summed E-state index contributed by atoms with van der Waals surface area (Å²) in [6.07, 6.45) is 3.03. The fourth-order valence-corrected chi connectivity index (χ4v) is 3.16. The number of furan rings is 1. The summed E-state index contributed by atoms with van der Waals surface area (Å²) in [4.78, 5) is 2.31. The quantitative estimate of drug-likeness (QED) is 0.571. The number of benzene rings is 1. The molecule has 5 heteroatoms. The standard InChI is InChI=1S/C18H22ClNO2.ClH/c1-12(2)7-9-21-11-17-14-10-20(3)8-6-13-15(19)4-5-16(22-17)18(13)14;/h4-5,7H,6,8-11H2,1-3H3;1H. The summed E-state index contributed by atoms with van der Waals surface area (Å²) in [5, 5.41) is 2.03. The molecule has 1 aromatic heterocycles. The maximum Gasteiger partial charge on any atom is 0.135 e. The van der Waals surface area contributed by atoms with Crippen LogP contribution in [-0.4, -0.2) is 25.1 Å². The molecule has 0 saturated carbocycles. The lowest BCUT2D eigenvalue weighted by Crippen LogP contribution is -2.19. The maximum atomic E-state index is 6.40. The Kier molecular flexibility index (Phi) is 6.15. The number of hydrogen-bond donors (Lipinski definition) is 0. The molecule has 2 heterocycles. The van der Waals surface area contributed by atoms with Gasteiger partial charge in [0.2, 0.25) is 0 Å². The van der Waals surface area contributed by atoms with Crippen molar-refractivity contribution in [2.75, 3.05) is 20.2 Å². The summed E-state index contributed by atoms with van der Waals surface area (Å²) in [5.74, 6) is 0.925. The van der Waals surface area contributed by atoms with Crippen molar-refractivity contribution in [3.63, 3.8) is 0 Å². The summed E-state index contributed by atoms with van der Waals surface area (Å²) in [6, 6.07) is 3.90. The predicted octanol–water partition coefficient (Wildman–Crippen LogP) is 4.98. The van der Waals surface area contributed by atoms with Crippen LogP contribution in [0.2, 0.25) is 5.02 Å². The molecule has 2 aromatic rings. The molecule has 0 bridgehead atoms. The molecule has 3 rings (SSSR count). The van der Waals surface area contributed by atoms with Gasteiger partial charge in [-0.3, -0.25) is 0 Å². The molecule has 126 valence electrons. The average molecular weight is 356 g/mol.